The van der Waals surface area contributed by atoms with Crippen LogP contribution in [0.4, 0.5) is 0 Å². The second-order valence-corrected chi connectivity index (χ2v) is 6.96. The van der Waals surface area contributed by atoms with Gasteiger partial charge in [-0.3, -0.25) is 4.79 Å². The number of amides is 1. The molecule has 0 fully saturated rings. The van der Waals surface area contributed by atoms with Gasteiger partial charge in [0, 0.05) is 20.1 Å². The minimum atomic E-state index is -0.545. The SMILES string of the molecule is CCC(N)Cc1cc(Br)c(OC(C)C(=O)N(C)C)c(Br)c1. The van der Waals surface area contributed by atoms with E-state index in [1.54, 1.807) is 21.0 Å². The summed E-state index contributed by atoms with van der Waals surface area (Å²) < 4.78 is 7.40. The van der Waals surface area contributed by atoms with Gasteiger partial charge in [0.15, 0.2) is 6.10 Å². The summed E-state index contributed by atoms with van der Waals surface area (Å²) in [5.74, 6) is 0.553. The molecule has 21 heavy (non-hydrogen) atoms. The zero-order chi connectivity index (χ0) is 16.2. The first-order chi connectivity index (χ1) is 9.76. The van der Waals surface area contributed by atoms with Crippen molar-refractivity contribution in [1.82, 2.24) is 4.90 Å². The number of hydrogen-bond acceptors (Lipinski definition) is 3. The van der Waals surface area contributed by atoms with Crippen LogP contribution in [-0.4, -0.2) is 37.0 Å². The number of carbonyl (C=O) groups excluding carboxylic acids is 1. The van der Waals surface area contributed by atoms with Gasteiger partial charge in [-0.25, -0.2) is 0 Å². The first-order valence-electron chi connectivity index (χ1n) is 6.87. The fourth-order valence-electron chi connectivity index (χ4n) is 1.88. The molecule has 0 spiro atoms. The summed E-state index contributed by atoms with van der Waals surface area (Å²) in [5.41, 5.74) is 7.11. The number of carbonyl (C=O) groups is 1. The normalized spacial score (nSPS) is 13.7. The number of hydrogen-bond donors (Lipinski definition) is 1. The Kier molecular flexibility index (Phi) is 7.16. The third-order valence-electron chi connectivity index (χ3n) is 3.16. The number of nitrogens with zero attached hydrogens (tertiary/aromatic N) is 1. The molecular formula is C15H22Br2N2O2. The van der Waals surface area contributed by atoms with Gasteiger partial charge < -0.3 is 15.4 Å². The van der Waals surface area contributed by atoms with Gasteiger partial charge in [-0.2, -0.15) is 0 Å². The molecule has 4 nitrogen and oxygen atoms in total. The Bertz CT molecular complexity index is 483. The third-order valence-corrected chi connectivity index (χ3v) is 4.34. The summed E-state index contributed by atoms with van der Waals surface area (Å²) in [6, 6.07) is 4.12. The molecule has 2 atom stereocenters. The predicted molar refractivity (Wildman–Crippen MR) is 92.6 cm³/mol. The van der Waals surface area contributed by atoms with Crippen LogP contribution in [0, 0.1) is 0 Å². The Morgan fingerprint density at radius 3 is 2.29 bits per heavy atom. The molecule has 1 amide bonds. The topological polar surface area (TPSA) is 55.6 Å². The highest BCUT2D eigenvalue weighted by Gasteiger charge is 2.20. The van der Waals surface area contributed by atoms with Crippen molar-refractivity contribution in [2.45, 2.75) is 38.8 Å². The molecule has 0 aliphatic heterocycles. The van der Waals surface area contributed by atoms with E-state index in [1.807, 2.05) is 12.1 Å². The van der Waals surface area contributed by atoms with E-state index in [4.69, 9.17) is 10.5 Å². The lowest BCUT2D eigenvalue weighted by Gasteiger charge is -2.20. The quantitative estimate of drug-likeness (QED) is 0.766. The summed E-state index contributed by atoms with van der Waals surface area (Å²) in [6.45, 7) is 3.81. The predicted octanol–water partition coefficient (Wildman–Crippen LogP) is 3.35. The molecule has 118 valence electrons. The van der Waals surface area contributed by atoms with Crippen molar-refractivity contribution in [3.05, 3.63) is 26.6 Å². The van der Waals surface area contributed by atoms with E-state index < -0.39 is 6.10 Å². The van der Waals surface area contributed by atoms with E-state index in [9.17, 15) is 4.79 Å². The second kappa shape index (κ2) is 8.15. The van der Waals surface area contributed by atoms with Crippen molar-refractivity contribution >= 4 is 37.8 Å². The van der Waals surface area contributed by atoms with Crippen molar-refractivity contribution in [1.29, 1.82) is 0 Å². The van der Waals surface area contributed by atoms with Crippen molar-refractivity contribution in [3.63, 3.8) is 0 Å². The number of benzene rings is 1. The van der Waals surface area contributed by atoms with Gasteiger partial charge >= 0.3 is 0 Å². The lowest BCUT2D eigenvalue weighted by atomic mass is 10.0. The van der Waals surface area contributed by atoms with Crippen molar-refractivity contribution in [2.75, 3.05) is 14.1 Å². The van der Waals surface area contributed by atoms with E-state index in [0.717, 1.165) is 27.4 Å². The average molecular weight is 422 g/mol. The lowest BCUT2D eigenvalue weighted by Crippen LogP contribution is -2.35. The molecule has 6 heteroatoms. The summed E-state index contributed by atoms with van der Waals surface area (Å²) in [5, 5.41) is 0. The van der Waals surface area contributed by atoms with Crippen LogP contribution in [-0.2, 0) is 11.2 Å². The molecule has 0 saturated heterocycles. The van der Waals surface area contributed by atoms with Gasteiger partial charge in [0.1, 0.15) is 5.75 Å². The average Bonchev–Trinajstić information content (AvgIpc) is 2.41. The number of nitrogens with two attached hydrogens (primary N) is 1. The Hall–Kier alpha value is -0.590. The Morgan fingerprint density at radius 2 is 1.86 bits per heavy atom. The molecular weight excluding hydrogens is 400 g/mol. The zero-order valence-corrected chi connectivity index (χ0v) is 16.0. The molecule has 0 aromatic heterocycles. The number of halogens is 2. The van der Waals surface area contributed by atoms with E-state index in [2.05, 4.69) is 38.8 Å². The molecule has 2 unspecified atom stereocenters. The highest BCUT2D eigenvalue weighted by atomic mass is 79.9. The maximum absolute atomic E-state index is 11.9. The number of rotatable bonds is 6. The van der Waals surface area contributed by atoms with Crippen molar-refractivity contribution in [2.24, 2.45) is 5.73 Å². The van der Waals surface area contributed by atoms with Gasteiger partial charge in [-0.1, -0.05) is 6.92 Å². The van der Waals surface area contributed by atoms with E-state index in [1.165, 1.54) is 4.90 Å². The molecule has 1 aromatic rings. The minimum Gasteiger partial charge on any atom is -0.479 e. The fourth-order valence-corrected chi connectivity index (χ4v) is 3.35. The van der Waals surface area contributed by atoms with Crippen LogP contribution in [0.15, 0.2) is 21.1 Å². The summed E-state index contributed by atoms with van der Waals surface area (Å²) in [4.78, 5) is 13.4. The zero-order valence-electron chi connectivity index (χ0n) is 12.8. The smallest absolute Gasteiger partial charge is 0.262 e. The van der Waals surface area contributed by atoms with E-state index in [0.29, 0.717) is 5.75 Å². The summed E-state index contributed by atoms with van der Waals surface area (Å²) >= 11 is 7.01. The van der Waals surface area contributed by atoms with E-state index >= 15 is 0 Å². The number of likely N-dealkylation sites (N-methyl/N-ethyl adjacent to an activating group) is 1. The van der Waals surface area contributed by atoms with Crippen LogP contribution in [0.25, 0.3) is 0 Å². The van der Waals surface area contributed by atoms with Crippen molar-refractivity contribution in [3.8, 4) is 5.75 Å². The van der Waals surface area contributed by atoms with Gasteiger partial charge in [0.05, 0.1) is 8.95 Å². The highest BCUT2D eigenvalue weighted by Crippen LogP contribution is 2.36. The van der Waals surface area contributed by atoms with Gasteiger partial charge in [0.2, 0.25) is 0 Å². The summed E-state index contributed by atoms with van der Waals surface area (Å²) in [7, 11) is 3.42. The Labute approximate surface area is 143 Å². The minimum absolute atomic E-state index is 0.0779. The molecule has 0 heterocycles. The Morgan fingerprint density at radius 1 is 1.33 bits per heavy atom. The van der Waals surface area contributed by atoms with Crippen molar-refractivity contribution < 1.29 is 9.53 Å². The molecule has 0 radical (unpaired) electrons. The highest BCUT2D eigenvalue weighted by molar-refractivity contribution is 9.11. The van der Waals surface area contributed by atoms with Crippen LogP contribution in [0.5, 0.6) is 5.75 Å². The molecule has 0 aliphatic rings. The molecule has 0 aliphatic carbocycles. The fraction of sp³-hybridized carbons (Fsp3) is 0.533. The van der Waals surface area contributed by atoms with Gasteiger partial charge in [-0.15, -0.1) is 0 Å². The van der Waals surface area contributed by atoms with Crippen LogP contribution < -0.4 is 10.5 Å². The molecule has 1 aromatic carbocycles. The first kappa shape index (κ1) is 18.5. The lowest BCUT2D eigenvalue weighted by molar-refractivity contribution is -0.135. The van der Waals surface area contributed by atoms with Gasteiger partial charge in [-0.05, 0) is 69.3 Å². The van der Waals surface area contributed by atoms with Crippen LogP contribution in [0.2, 0.25) is 0 Å². The molecule has 2 N–H and O–H groups in total. The number of ether oxygens (including phenoxy) is 1. The molecule has 1 rings (SSSR count). The monoisotopic (exact) mass is 420 g/mol. The Balaban J connectivity index is 2.92. The standard InChI is InChI=1S/C15H22Br2N2O2/c1-5-11(18)6-10-7-12(16)14(13(17)8-10)21-9(2)15(20)19(3)4/h7-9,11H,5-6,18H2,1-4H3. The molecule has 0 saturated carbocycles. The van der Waals surface area contributed by atoms with Gasteiger partial charge in [0.25, 0.3) is 5.91 Å². The largest absolute Gasteiger partial charge is 0.479 e. The third kappa shape index (κ3) is 5.27. The van der Waals surface area contributed by atoms with Crippen LogP contribution >= 0.6 is 31.9 Å². The molecule has 0 bridgehead atoms. The second-order valence-electron chi connectivity index (χ2n) is 5.25. The maximum atomic E-state index is 11.9. The first-order valence-corrected chi connectivity index (χ1v) is 8.46. The van der Waals surface area contributed by atoms with E-state index in [-0.39, 0.29) is 11.9 Å². The van der Waals surface area contributed by atoms with Crippen LogP contribution in [0.1, 0.15) is 25.8 Å². The van der Waals surface area contributed by atoms with Crippen LogP contribution in [0.3, 0.4) is 0 Å². The maximum Gasteiger partial charge on any atom is 0.262 e. The summed E-state index contributed by atoms with van der Waals surface area (Å²) in [6.07, 6.45) is 1.19.